The van der Waals surface area contributed by atoms with Crippen molar-refractivity contribution in [2.75, 3.05) is 13.6 Å². The van der Waals surface area contributed by atoms with Crippen LogP contribution in [0, 0.1) is 0 Å². The molecule has 1 amide bonds. The first-order valence-corrected chi connectivity index (χ1v) is 10.1. The molecule has 2 rings (SSSR count). The van der Waals surface area contributed by atoms with E-state index in [-0.39, 0.29) is 17.5 Å². The molecule has 0 radical (unpaired) electrons. The van der Waals surface area contributed by atoms with Crippen molar-refractivity contribution in [2.45, 2.75) is 17.9 Å². The third-order valence-corrected chi connectivity index (χ3v) is 6.52. The molecule has 26 heavy (non-hydrogen) atoms. The summed E-state index contributed by atoms with van der Waals surface area (Å²) in [6.07, 6.45) is 0. The van der Waals surface area contributed by atoms with Crippen LogP contribution in [0.3, 0.4) is 0 Å². The molecule has 1 unspecified atom stereocenters. The number of benzene rings is 2. The van der Waals surface area contributed by atoms with Crippen LogP contribution in [0.2, 0.25) is 15.1 Å². The molecular weight excluding hydrogens is 419 g/mol. The Hall–Kier alpha value is -1.31. The van der Waals surface area contributed by atoms with Gasteiger partial charge in [0.05, 0.1) is 27.5 Å². The fourth-order valence-electron chi connectivity index (χ4n) is 2.23. The number of nitrogens with one attached hydrogen (secondary N) is 1. The van der Waals surface area contributed by atoms with Gasteiger partial charge in [0.1, 0.15) is 0 Å². The van der Waals surface area contributed by atoms with Crippen molar-refractivity contribution >= 4 is 50.7 Å². The monoisotopic (exact) mass is 434 g/mol. The molecule has 1 N–H and O–H groups in total. The summed E-state index contributed by atoms with van der Waals surface area (Å²) in [5.74, 6) is -0.441. The first kappa shape index (κ1) is 21.0. The SMILES string of the molecule is CC(NC(=O)CN(C)S(=O)(=O)c1ccc(Cl)cc1)c1ccc(Cl)c(Cl)c1. The van der Waals surface area contributed by atoms with Gasteiger partial charge in [-0.05, 0) is 48.9 Å². The summed E-state index contributed by atoms with van der Waals surface area (Å²) in [7, 11) is -2.45. The summed E-state index contributed by atoms with van der Waals surface area (Å²) >= 11 is 17.6. The van der Waals surface area contributed by atoms with Crippen LogP contribution in [0.15, 0.2) is 47.4 Å². The van der Waals surface area contributed by atoms with E-state index in [4.69, 9.17) is 34.8 Å². The zero-order valence-electron chi connectivity index (χ0n) is 14.0. The van der Waals surface area contributed by atoms with Gasteiger partial charge in [-0.2, -0.15) is 4.31 Å². The van der Waals surface area contributed by atoms with E-state index < -0.39 is 15.9 Å². The summed E-state index contributed by atoms with van der Waals surface area (Å²) < 4.78 is 26.0. The van der Waals surface area contributed by atoms with Crippen molar-refractivity contribution in [3.05, 3.63) is 63.1 Å². The Labute approximate surface area is 167 Å². The molecule has 0 aliphatic rings. The molecule has 0 aliphatic heterocycles. The van der Waals surface area contributed by atoms with Crippen LogP contribution in [0.25, 0.3) is 0 Å². The number of nitrogens with zero attached hydrogens (tertiary/aromatic N) is 1. The summed E-state index contributed by atoms with van der Waals surface area (Å²) in [4.78, 5) is 12.3. The second-order valence-electron chi connectivity index (χ2n) is 5.68. The Balaban J connectivity index is 2.04. The van der Waals surface area contributed by atoms with Crippen LogP contribution in [0.1, 0.15) is 18.5 Å². The lowest BCUT2D eigenvalue weighted by molar-refractivity contribution is -0.121. The molecule has 5 nitrogen and oxygen atoms in total. The van der Waals surface area contributed by atoms with Gasteiger partial charge in [-0.25, -0.2) is 8.42 Å². The molecule has 0 bridgehead atoms. The average molecular weight is 436 g/mol. The molecular formula is C17H17Cl3N2O3S. The van der Waals surface area contributed by atoms with Gasteiger partial charge in [-0.1, -0.05) is 40.9 Å². The maximum atomic E-state index is 12.5. The largest absolute Gasteiger partial charge is 0.348 e. The highest BCUT2D eigenvalue weighted by Gasteiger charge is 2.23. The number of rotatable bonds is 6. The molecule has 0 aliphatic carbocycles. The van der Waals surface area contributed by atoms with Crippen LogP contribution in [0.5, 0.6) is 0 Å². The molecule has 0 heterocycles. The molecule has 2 aromatic rings. The fraction of sp³-hybridized carbons (Fsp3) is 0.235. The molecule has 2 aromatic carbocycles. The standard InChI is InChI=1S/C17H17Cl3N2O3S/c1-11(12-3-8-15(19)16(20)9-12)21-17(23)10-22(2)26(24,25)14-6-4-13(18)5-7-14/h3-9,11H,10H2,1-2H3,(H,21,23). The minimum atomic E-state index is -3.79. The predicted octanol–water partition coefficient (Wildman–Crippen LogP) is 4.14. The fourth-order valence-corrected chi connectivity index (χ4v) is 3.79. The summed E-state index contributed by atoms with van der Waals surface area (Å²) in [5.41, 5.74) is 0.760. The van der Waals surface area contributed by atoms with E-state index >= 15 is 0 Å². The number of carbonyl (C=O) groups excluding carboxylic acids is 1. The second kappa shape index (κ2) is 8.59. The Morgan fingerprint density at radius 3 is 2.27 bits per heavy atom. The average Bonchev–Trinajstić information content (AvgIpc) is 2.57. The van der Waals surface area contributed by atoms with E-state index in [0.717, 1.165) is 9.87 Å². The number of sulfonamides is 1. The summed E-state index contributed by atoms with van der Waals surface area (Å²) in [6, 6.07) is 10.4. The maximum Gasteiger partial charge on any atom is 0.243 e. The number of halogens is 3. The Bertz CT molecular complexity index is 902. The summed E-state index contributed by atoms with van der Waals surface area (Å²) in [5, 5.41) is 3.97. The van der Waals surface area contributed by atoms with Gasteiger partial charge in [0.25, 0.3) is 0 Å². The van der Waals surface area contributed by atoms with E-state index in [1.165, 1.54) is 31.3 Å². The minimum Gasteiger partial charge on any atom is -0.348 e. The van der Waals surface area contributed by atoms with Crippen molar-refractivity contribution in [1.82, 2.24) is 9.62 Å². The molecule has 0 spiro atoms. The molecule has 0 saturated heterocycles. The van der Waals surface area contributed by atoms with E-state index in [9.17, 15) is 13.2 Å². The first-order valence-electron chi connectivity index (χ1n) is 7.57. The van der Waals surface area contributed by atoms with E-state index in [2.05, 4.69) is 5.32 Å². The number of likely N-dealkylation sites (N-methyl/N-ethyl adjacent to an activating group) is 1. The summed E-state index contributed by atoms with van der Waals surface area (Å²) in [6.45, 7) is 1.45. The molecule has 1 atom stereocenters. The van der Waals surface area contributed by atoms with Crippen LogP contribution >= 0.6 is 34.8 Å². The number of carbonyl (C=O) groups is 1. The van der Waals surface area contributed by atoms with Gasteiger partial charge in [0, 0.05) is 12.1 Å². The van der Waals surface area contributed by atoms with Crippen LogP contribution in [-0.4, -0.2) is 32.2 Å². The lowest BCUT2D eigenvalue weighted by atomic mass is 10.1. The van der Waals surface area contributed by atoms with E-state index in [0.29, 0.717) is 15.1 Å². The number of amides is 1. The zero-order chi connectivity index (χ0) is 19.5. The van der Waals surface area contributed by atoms with Crippen molar-refractivity contribution in [1.29, 1.82) is 0 Å². The van der Waals surface area contributed by atoms with E-state index in [1.54, 1.807) is 25.1 Å². The quantitative estimate of drug-likeness (QED) is 0.741. The lowest BCUT2D eigenvalue weighted by Gasteiger charge is -2.19. The lowest BCUT2D eigenvalue weighted by Crippen LogP contribution is -2.39. The van der Waals surface area contributed by atoms with Gasteiger partial charge in [-0.15, -0.1) is 0 Å². The molecule has 0 saturated carbocycles. The second-order valence-corrected chi connectivity index (χ2v) is 8.97. The normalized spacial score (nSPS) is 12.8. The zero-order valence-corrected chi connectivity index (χ0v) is 17.1. The van der Waals surface area contributed by atoms with Crippen LogP contribution < -0.4 is 5.32 Å². The Morgan fingerprint density at radius 1 is 1.08 bits per heavy atom. The van der Waals surface area contributed by atoms with Crippen LogP contribution in [0.4, 0.5) is 0 Å². The minimum absolute atomic E-state index is 0.0646. The van der Waals surface area contributed by atoms with E-state index in [1.807, 2.05) is 0 Å². The highest BCUT2D eigenvalue weighted by molar-refractivity contribution is 7.89. The third-order valence-electron chi connectivity index (χ3n) is 3.71. The Kier molecular flexibility index (Phi) is 6.93. The number of hydrogen-bond donors (Lipinski definition) is 1. The van der Waals surface area contributed by atoms with Crippen molar-refractivity contribution in [3.8, 4) is 0 Å². The third kappa shape index (κ3) is 5.11. The molecule has 0 fully saturated rings. The predicted molar refractivity (Wildman–Crippen MR) is 104 cm³/mol. The van der Waals surface area contributed by atoms with Gasteiger partial charge < -0.3 is 5.32 Å². The number of hydrogen-bond acceptors (Lipinski definition) is 3. The molecule has 9 heteroatoms. The van der Waals surface area contributed by atoms with Gasteiger partial charge in [0.2, 0.25) is 15.9 Å². The van der Waals surface area contributed by atoms with Gasteiger partial charge in [-0.3, -0.25) is 4.79 Å². The molecule has 140 valence electrons. The van der Waals surface area contributed by atoms with Crippen molar-refractivity contribution in [3.63, 3.8) is 0 Å². The topological polar surface area (TPSA) is 66.5 Å². The van der Waals surface area contributed by atoms with Gasteiger partial charge >= 0.3 is 0 Å². The van der Waals surface area contributed by atoms with Crippen molar-refractivity contribution in [2.24, 2.45) is 0 Å². The molecule has 0 aromatic heterocycles. The maximum absolute atomic E-state index is 12.5. The Morgan fingerprint density at radius 2 is 1.69 bits per heavy atom. The highest BCUT2D eigenvalue weighted by Crippen LogP contribution is 2.25. The first-order chi connectivity index (χ1) is 12.1. The van der Waals surface area contributed by atoms with Crippen LogP contribution in [-0.2, 0) is 14.8 Å². The highest BCUT2D eigenvalue weighted by atomic mass is 35.5. The van der Waals surface area contributed by atoms with Gasteiger partial charge in [0.15, 0.2) is 0 Å². The smallest absolute Gasteiger partial charge is 0.243 e. The van der Waals surface area contributed by atoms with Crippen molar-refractivity contribution < 1.29 is 13.2 Å².